The number of hydrogen-bond acceptors (Lipinski definition) is 1. The van der Waals surface area contributed by atoms with Gasteiger partial charge in [-0.3, -0.25) is 0 Å². The predicted molar refractivity (Wildman–Crippen MR) is 58.0 cm³/mol. The van der Waals surface area contributed by atoms with E-state index in [4.69, 9.17) is 0 Å². The summed E-state index contributed by atoms with van der Waals surface area (Å²) in [7, 11) is 0. The van der Waals surface area contributed by atoms with Gasteiger partial charge < -0.3 is 4.57 Å². The minimum absolute atomic E-state index is 0.0689. The van der Waals surface area contributed by atoms with E-state index in [-0.39, 0.29) is 5.54 Å². The molecule has 1 aromatic heterocycles. The van der Waals surface area contributed by atoms with E-state index in [1.165, 1.54) is 11.1 Å². The highest BCUT2D eigenvalue weighted by molar-refractivity contribution is 5.31. The van der Waals surface area contributed by atoms with E-state index in [9.17, 15) is 0 Å². The maximum Gasteiger partial charge on any atom is 0.0953 e. The molecular formula is C12H16N2. The Kier molecular flexibility index (Phi) is 2.06. The Labute approximate surface area is 85.0 Å². The zero-order valence-electron chi connectivity index (χ0n) is 8.99. The third-order valence-corrected chi connectivity index (χ3v) is 2.74. The summed E-state index contributed by atoms with van der Waals surface area (Å²) in [5.41, 5.74) is 2.84. The molecule has 1 heterocycles. The number of nitrogens with zero attached hydrogens (tertiary/aromatic N) is 2. The van der Waals surface area contributed by atoms with Crippen molar-refractivity contribution in [1.82, 2.24) is 9.55 Å². The van der Waals surface area contributed by atoms with Crippen LogP contribution in [0.5, 0.6) is 0 Å². The Hall–Kier alpha value is -1.31. The lowest BCUT2D eigenvalue weighted by Crippen LogP contribution is -2.28. The van der Waals surface area contributed by atoms with Crippen LogP contribution in [0.25, 0.3) is 0 Å². The monoisotopic (exact) mass is 188 g/mol. The first kappa shape index (κ1) is 9.25. The van der Waals surface area contributed by atoms with Crippen LogP contribution in [0.15, 0.2) is 42.0 Å². The molecular weight excluding hydrogens is 172 g/mol. The lowest BCUT2D eigenvalue weighted by Gasteiger charge is -2.31. The quantitative estimate of drug-likeness (QED) is 0.662. The fourth-order valence-electron chi connectivity index (χ4n) is 2.31. The summed E-state index contributed by atoms with van der Waals surface area (Å²) in [5, 5.41) is 0. The van der Waals surface area contributed by atoms with Gasteiger partial charge in [-0.05, 0) is 27.2 Å². The lowest BCUT2D eigenvalue weighted by molar-refractivity contribution is 0.398. The van der Waals surface area contributed by atoms with Crippen LogP contribution in [0.1, 0.15) is 27.2 Å². The van der Waals surface area contributed by atoms with Gasteiger partial charge in [-0.15, -0.1) is 0 Å². The minimum atomic E-state index is 0.0689. The Bertz CT molecular complexity index is 384. The molecule has 0 N–H and O–H groups in total. The van der Waals surface area contributed by atoms with E-state index in [0.29, 0.717) is 0 Å². The van der Waals surface area contributed by atoms with Crippen LogP contribution in [0.2, 0.25) is 0 Å². The Morgan fingerprint density at radius 3 is 2.79 bits per heavy atom. The van der Waals surface area contributed by atoms with Crippen molar-refractivity contribution in [2.45, 2.75) is 32.7 Å². The van der Waals surface area contributed by atoms with Crippen LogP contribution in [-0.2, 0) is 5.54 Å². The largest absolute Gasteiger partial charge is 0.328 e. The van der Waals surface area contributed by atoms with Gasteiger partial charge in [0.25, 0.3) is 0 Å². The van der Waals surface area contributed by atoms with E-state index in [1.54, 1.807) is 0 Å². The maximum atomic E-state index is 4.11. The van der Waals surface area contributed by atoms with Crippen molar-refractivity contribution in [2.24, 2.45) is 0 Å². The summed E-state index contributed by atoms with van der Waals surface area (Å²) in [6, 6.07) is 0. The summed E-state index contributed by atoms with van der Waals surface area (Å²) in [6.07, 6.45) is 11.4. The van der Waals surface area contributed by atoms with Crippen molar-refractivity contribution in [1.29, 1.82) is 0 Å². The number of imidazole rings is 1. The number of allylic oxidation sites excluding steroid dienone is 4. The van der Waals surface area contributed by atoms with Crippen LogP contribution in [-0.4, -0.2) is 9.55 Å². The van der Waals surface area contributed by atoms with Gasteiger partial charge in [0.05, 0.1) is 11.9 Å². The molecule has 0 aliphatic heterocycles. The molecule has 74 valence electrons. The van der Waals surface area contributed by atoms with Gasteiger partial charge in [-0.2, -0.15) is 0 Å². The van der Waals surface area contributed by atoms with Crippen LogP contribution < -0.4 is 0 Å². The van der Waals surface area contributed by atoms with Gasteiger partial charge in [0.1, 0.15) is 0 Å². The molecule has 2 rings (SSSR count). The minimum Gasteiger partial charge on any atom is -0.328 e. The predicted octanol–water partition coefficient (Wildman–Crippen LogP) is 2.89. The van der Waals surface area contributed by atoms with Gasteiger partial charge in [0.15, 0.2) is 0 Å². The van der Waals surface area contributed by atoms with Crippen LogP contribution in [0, 0.1) is 0 Å². The highest BCUT2D eigenvalue weighted by Gasteiger charge is 2.25. The molecule has 2 heteroatoms. The average Bonchev–Trinajstić information content (AvgIpc) is 2.52. The summed E-state index contributed by atoms with van der Waals surface area (Å²) >= 11 is 0. The first-order valence-corrected chi connectivity index (χ1v) is 4.95. The van der Waals surface area contributed by atoms with Crippen molar-refractivity contribution in [2.75, 3.05) is 0 Å². The van der Waals surface area contributed by atoms with Crippen LogP contribution >= 0.6 is 0 Å². The SMILES string of the molecule is CC1=CC(C)(n2ccnc2)CC(C)=C1. The van der Waals surface area contributed by atoms with E-state index in [1.807, 2.05) is 18.7 Å². The molecule has 0 saturated heterocycles. The standard InChI is InChI=1S/C12H16N2/c1-10-6-11(2)8-12(3,7-10)14-5-4-13-9-14/h4-7,9H,8H2,1-3H3. The molecule has 0 bridgehead atoms. The van der Waals surface area contributed by atoms with Crippen molar-refractivity contribution in [3.05, 3.63) is 42.0 Å². The Morgan fingerprint density at radius 2 is 2.21 bits per heavy atom. The van der Waals surface area contributed by atoms with E-state index >= 15 is 0 Å². The first-order valence-electron chi connectivity index (χ1n) is 4.95. The summed E-state index contributed by atoms with van der Waals surface area (Å²) in [5.74, 6) is 0. The number of hydrogen-bond donors (Lipinski definition) is 0. The van der Waals surface area contributed by atoms with Crippen LogP contribution in [0.3, 0.4) is 0 Å². The van der Waals surface area contributed by atoms with Gasteiger partial charge in [0, 0.05) is 12.4 Å². The van der Waals surface area contributed by atoms with Crippen molar-refractivity contribution in [3.63, 3.8) is 0 Å². The van der Waals surface area contributed by atoms with Gasteiger partial charge in [-0.1, -0.05) is 23.3 Å². The molecule has 0 saturated carbocycles. The Balaban J connectivity index is 2.40. The summed E-state index contributed by atoms with van der Waals surface area (Å²) in [4.78, 5) is 4.11. The van der Waals surface area contributed by atoms with Gasteiger partial charge >= 0.3 is 0 Å². The van der Waals surface area contributed by atoms with Crippen molar-refractivity contribution < 1.29 is 0 Å². The highest BCUT2D eigenvalue weighted by atomic mass is 15.1. The molecule has 14 heavy (non-hydrogen) atoms. The molecule has 0 aromatic carbocycles. The maximum absolute atomic E-state index is 4.11. The third-order valence-electron chi connectivity index (χ3n) is 2.74. The number of aromatic nitrogens is 2. The van der Waals surface area contributed by atoms with Gasteiger partial charge in [0.2, 0.25) is 0 Å². The number of rotatable bonds is 1. The normalized spacial score (nSPS) is 27.1. The molecule has 0 amide bonds. The summed E-state index contributed by atoms with van der Waals surface area (Å²) in [6.45, 7) is 6.58. The fraction of sp³-hybridized carbons (Fsp3) is 0.417. The molecule has 0 spiro atoms. The second kappa shape index (κ2) is 3.12. The zero-order valence-corrected chi connectivity index (χ0v) is 8.99. The van der Waals surface area contributed by atoms with E-state index in [0.717, 1.165) is 6.42 Å². The Morgan fingerprint density at radius 1 is 1.43 bits per heavy atom. The molecule has 1 aromatic rings. The molecule has 1 aliphatic rings. The highest BCUT2D eigenvalue weighted by Crippen LogP contribution is 2.31. The first-order chi connectivity index (χ1) is 6.60. The van der Waals surface area contributed by atoms with E-state index in [2.05, 4.69) is 42.5 Å². The smallest absolute Gasteiger partial charge is 0.0953 e. The third kappa shape index (κ3) is 1.52. The van der Waals surface area contributed by atoms with Gasteiger partial charge in [-0.25, -0.2) is 4.98 Å². The molecule has 0 radical (unpaired) electrons. The van der Waals surface area contributed by atoms with Crippen molar-refractivity contribution in [3.8, 4) is 0 Å². The van der Waals surface area contributed by atoms with E-state index < -0.39 is 0 Å². The molecule has 1 atom stereocenters. The molecule has 0 fully saturated rings. The lowest BCUT2D eigenvalue weighted by atomic mass is 9.86. The summed E-state index contributed by atoms with van der Waals surface area (Å²) < 4.78 is 2.17. The molecule has 1 unspecified atom stereocenters. The fourth-order valence-corrected chi connectivity index (χ4v) is 2.31. The average molecular weight is 188 g/mol. The molecule has 2 nitrogen and oxygen atoms in total. The van der Waals surface area contributed by atoms with Crippen molar-refractivity contribution >= 4 is 0 Å². The second-order valence-electron chi connectivity index (χ2n) is 4.38. The molecule has 1 aliphatic carbocycles. The van der Waals surface area contributed by atoms with Crippen LogP contribution in [0.4, 0.5) is 0 Å². The zero-order chi connectivity index (χ0) is 10.2. The second-order valence-corrected chi connectivity index (χ2v) is 4.38. The topological polar surface area (TPSA) is 17.8 Å².